The second kappa shape index (κ2) is 5.14. The summed E-state index contributed by atoms with van der Waals surface area (Å²) in [6, 6.07) is 0.446. The molecule has 0 unspecified atom stereocenters. The summed E-state index contributed by atoms with van der Waals surface area (Å²) in [5.74, 6) is 0.905. The summed E-state index contributed by atoms with van der Waals surface area (Å²) in [7, 11) is 0. The molecule has 0 aromatic carbocycles. The molecule has 1 fully saturated rings. The maximum absolute atomic E-state index is 8.81. The van der Waals surface area contributed by atoms with Crippen molar-refractivity contribution in [3.8, 4) is 0 Å². The number of nitrogens with zero attached hydrogens (tertiary/aromatic N) is 2. The van der Waals surface area contributed by atoms with Gasteiger partial charge in [0.25, 0.3) is 0 Å². The molecule has 13 heavy (non-hydrogen) atoms. The average Bonchev–Trinajstić information content (AvgIpc) is 2.08. The smallest absolute Gasteiger partial charge is 0.138 e. The number of hydrogen-bond acceptors (Lipinski definition) is 4. The minimum atomic E-state index is 0.221. The number of β-amino-alcohol motifs (C(OH)–C–C–N with tert-alkyl or cyclic N) is 1. The summed E-state index contributed by atoms with van der Waals surface area (Å²) in [6.07, 6.45) is 0. The van der Waals surface area contributed by atoms with E-state index in [-0.39, 0.29) is 6.61 Å². The second-order valence-electron chi connectivity index (χ2n) is 3.36. The summed E-state index contributed by atoms with van der Waals surface area (Å²) >= 11 is 6.91. The fraction of sp³-hybridized carbons (Fsp3) is 0.875. The largest absolute Gasteiger partial charge is 0.395 e. The topological polar surface area (TPSA) is 26.7 Å². The Bertz CT molecular complexity index is 187. The molecule has 0 spiro atoms. The zero-order valence-corrected chi connectivity index (χ0v) is 9.70. The lowest BCUT2D eigenvalue weighted by Crippen LogP contribution is -2.48. The van der Waals surface area contributed by atoms with Gasteiger partial charge in [-0.05, 0) is 13.8 Å². The van der Waals surface area contributed by atoms with Crippen molar-refractivity contribution >= 4 is 28.3 Å². The fourth-order valence-corrected chi connectivity index (χ4v) is 2.56. The van der Waals surface area contributed by atoms with E-state index in [1.807, 2.05) is 0 Å². The van der Waals surface area contributed by atoms with Crippen molar-refractivity contribution in [1.29, 1.82) is 0 Å². The van der Waals surface area contributed by atoms with Crippen LogP contribution in [0.2, 0.25) is 0 Å². The van der Waals surface area contributed by atoms with Gasteiger partial charge in [-0.3, -0.25) is 4.90 Å². The Labute approximate surface area is 89.1 Å². The minimum absolute atomic E-state index is 0.221. The number of rotatable bonds is 3. The Kier molecular flexibility index (Phi) is 4.45. The van der Waals surface area contributed by atoms with Gasteiger partial charge in [0.1, 0.15) is 4.32 Å². The van der Waals surface area contributed by atoms with Crippen molar-refractivity contribution in [2.75, 3.05) is 25.7 Å². The van der Waals surface area contributed by atoms with Crippen molar-refractivity contribution in [2.45, 2.75) is 19.9 Å². The molecular weight excluding hydrogens is 204 g/mol. The molecule has 0 aliphatic carbocycles. The zero-order chi connectivity index (χ0) is 9.84. The molecule has 0 aromatic heterocycles. The first kappa shape index (κ1) is 11.2. The molecule has 0 saturated carbocycles. The molecule has 1 rings (SSSR count). The Balaban J connectivity index is 2.48. The summed E-state index contributed by atoms with van der Waals surface area (Å²) in [5.41, 5.74) is 0. The van der Waals surface area contributed by atoms with Crippen molar-refractivity contribution in [3.63, 3.8) is 0 Å². The SMILES string of the molecule is CC(C)N1CN(CCO)CSC1=S. The first-order valence-electron chi connectivity index (χ1n) is 4.41. The Hall–Kier alpha value is 0.160. The first-order valence-corrected chi connectivity index (χ1v) is 5.81. The van der Waals surface area contributed by atoms with Crippen LogP contribution >= 0.6 is 24.0 Å². The number of aliphatic hydroxyl groups is 1. The lowest BCUT2D eigenvalue weighted by molar-refractivity contribution is 0.153. The summed E-state index contributed by atoms with van der Waals surface area (Å²) in [4.78, 5) is 4.37. The number of thioether (sulfide) groups is 1. The van der Waals surface area contributed by atoms with Crippen LogP contribution in [0.3, 0.4) is 0 Å². The quantitative estimate of drug-likeness (QED) is 0.714. The highest BCUT2D eigenvalue weighted by Crippen LogP contribution is 2.20. The molecule has 3 nitrogen and oxygen atoms in total. The maximum Gasteiger partial charge on any atom is 0.138 e. The number of aliphatic hydroxyl groups excluding tert-OH is 1. The monoisotopic (exact) mass is 220 g/mol. The molecule has 0 bridgehead atoms. The lowest BCUT2D eigenvalue weighted by atomic mass is 10.3. The van der Waals surface area contributed by atoms with E-state index in [1.165, 1.54) is 0 Å². The highest BCUT2D eigenvalue weighted by molar-refractivity contribution is 8.22. The molecule has 5 heteroatoms. The van der Waals surface area contributed by atoms with Crippen LogP contribution in [0.25, 0.3) is 0 Å². The molecule has 76 valence electrons. The average molecular weight is 220 g/mol. The van der Waals surface area contributed by atoms with Gasteiger partial charge in [-0.1, -0.05) is 24.0 Å². The van der Waals surface area contributed by atoms with Gasteiger partial charge in [-0.15, -0.1) is 0 Å². The minimum Gasteiger partial charge on any atom is -0.395 e. The molecule has 1 saturated heterocycles. The summed E-state index contributed by atoms with van der Waals surface area (Å²) in [5, 5.41) is 8.81. The third-order valence-electron chi connectivity index (χ3n) is 2.00. The Morgan fingerprint density at radius 2 is 2.31 bits per heavy atom. The number of hydrogen-bond donors (Lipinski definition) is 1. The van der Waals surface area contributed by atoms with Gasteiger partial charge in [0.2, 0.25) is 0 Å². The van der Waals surface area contributed by atoms with E-state index < -0.39 is 0 Å². The van der Waals surface area contributed by atoms with Crippen molar-refractivity contribution in [2.24, 2.45) is 0 Å². The standard InChI is InChI=1S/C8H16N2OS2/c1-7(2)10-5-9(3-4-11)6-13-8(10)12/h7,11H,3-6H2,1-2H3. The van der Waals surface area contributed by atoms with Crippen LogP contribution < -0.4 is 0 Å². The van der Waals surface area contributed by atoms with Crippen LogP contribution in [0.4, 0.5) is 0 Å². The van der Waals surface area contributed by atoms with Gasteiger partial charge in [0.05, 0.1) is 19.2 Å². The highest BCUT2D eigenvalue weighted by Gasteiger charge is 2.22. The fourth-order valence-electron chi connectivity index (χ4n) is 1.19. The van der Waals surface area contributed by atoms with E-state index in [1.54, 1.807) is 11.8 Å². The van der Waals surface area contributed by atoms with Crippen molar-refractivity contribution in [3.05, 3.63) is 0 Å². The molecule has 0 radical (unpaired) electrons. The molecule has 1 heterocycles. The molecule has 0 amide bonds. The van der Waals surface area contributed by atoms with E-state index in [2.05, 4.69) is 23.6 Å². The van der Waals surface area contributed by atoms with Crippen LogP contribution in [0.5, 0.6) is 0 Å². The van der Waals surface area contributed by atoms with E-state index in [9.17, 15) is 0 Å². The van der Waals surface area contributed by atoms with Crippen LogP contribution in [0.1, 0.15) is 13.8 Å². The van der Waals surface area contributed by atoms with E-state index in [0.717, 1.165) is 23.4 Å². The van der Waals surface area contributed by atoms with Crippen LogP contribution in [0.15, 0.2) is 0 Å². The van der Waals surface area contributed by atoms with Crippen LogP contribution in [-0.2, 0) is 0 Å². The lowest BCUT2D eigenvalue weighted by Gasteiger charge is -2.38. The number of thiocarbonyl (C=S) groups is 1. The van der Waals surface area contributed by atoms with Gasteiger partial charge in [0, 0.05) is 12.6 Å². The summed E-state index contributed by atoms with van der Waals surface area (Å²) in [6.45, 7) is 6.08. The third kappa shape index (κ3) is 3.09. The molecular formula is C8H16N2OS2. The van der Waals surface area contributed by atoms with E-state index in [4.69, 9.17) is 17.3 Å². The Morgan fingerprint density at radius 3 is 2.85 bits per heavy atom. The molecule has 1 aliphatic rings. The molecule has 1 aliphatic heterocycles. The molecule has 0 aromatic rings. The highest BCUT2D eigenvalue weighted by atomic mass is 32.2. The predicted octanol–water partition coefficient (Wildman–Crippen LogP) is 0.938. The first-order chi connectivity index (χ1) is 6.15. The predicted molar refractivity (Wildman–Crippen MR) is 60.7 cm³/mol. The summed E-state index contributed by atoms with van der Waals surface area (Å²) < 4.78 is 0.976. The van der Waals surface area contributed by atoms with Crippen molar-refractivity contribution < 1.29 is 5.11 Å². The van der Waals surface area contributed by atoms with Crippen LogP contribution in [0, 0.1) is 0 Å². The third-order valence-corrected chi connectivity index (χ3v) is 3.56. The van der Waals surface area contributed by atoms with Gasteiger partial charge in [-0.25, -0.2) is 0 Å². The van der Waals surface area contributed by atoms with E-state index in [0.29, 0.717) is 6.04 Å². The van der Waals surface area contributed by atoms with Gasteiger partial charge in [-0.2, -0.15) is 0 Å². The Morgan fingerprint density at radius 1 is 1.62 bits per heavy atom. The second-order valence-corrected chi connectivity index (χ2v) is 4.94. The maximum atomic E-state index is 8.81. The van der Waals surface area contributed by atoms with Crippen LogP contribution in [-0.4, -0.2) is 51.0 Å². The normalized spacial score (nSPS) is 20.0. The van der Waals surface area contributed by atoms with Gasteiger partial charge in [0.15, 0.2) is 0 Å². The van der Waals surface area contributed by atoms with Gasteiger partial charge < -0.3 is 10.0 Å². The van der Waals surface area contributed by atoms with Gasteiger partial charge >= 0.3 is 0 Å². The molecule has 0 atom stereocenters. The van der Waals surface area contributed by atoms with E-state index >= 15 is 0 Å². The molecule has 1 N–H and O–H groups in total. The zero-order valence-electron chi connectivity index (χ0n) is 8.06. The van der Waals surface area contributed by atoms with Crippen molar-refractivity contribution in [1.82, 2.24) is 9.80 Å².